The van der Waals surface area contributed by atoms with Crippen molar-refractivity contribution in [1.29, 1.82) is 0 Å². The molecule has 2 saturated carbocycles. The van der Waals surface area contributed by atoms with Gasteiger partial charge in [-0.1, -0.05) is 39.2 Å². The second-order valence-electron chi connectivity index (χ2n) is 15.2. The van der Waals surface area contributed by atoms with Crippen LogP contribution in [0.3, 0.4) is 0 Å². The number of fused-ring (bicyclic) bond motifs is 10. The summed E-state index contributed by atoms with van der Waals surface area (Å²) >= 11 is 0. The molecule has 1 aromatic heterocycles. The zero-order chi connectivity index (χ0) is 32.8. The smallest absolute Gasteiger partial charge is 0.264 e. The standard InChI is InChI=1S/C37H46N4O5S/c1-22(2)21-47(44,45)38-35(42)24-10-14-29-32(16-24)41-34(33(29)23-8-6-5-7-9-23)28-15-13-27(46-4)17-30(28)31-18-37(31,41)36(43)40-25-11-12-26(40)20-39(3)19-25/h10,13-17,22-23,25-26,31H,5-9,11-12,18-21H2,1-4H3,(H,38,42). The molecule has 0 spiro atoms. The van der Waals surface area contributed by atoms with Gasteiger partial charge in [0.1, 0.15) is 11.3 Å². The van der Waals surface area contributed by atoms with Crippen molar-refractivity contribution in [1.82, 2.24) is 19.1 Å². The monoisotopic (exact) mass is 658 g/mol. The molecule has 1 N–H and O–H groups in total. The van der Waals surface area contributed by atoms with E-state index in [0.29, 0.717) is 17.9 Å². The van der Waals surface area contributed by atoms with Crippen LogP contribution in [0, 0.1) is 5.92 Å². The number of amides is 2. The third kappa shape index (κ3) is 4.84. The number of ether oxygens (including phenoxy) is 1. The van der Waals surface area contributed by atoms with Crippen molar-refractivity contribution in [2.24, 2.45) is 5.92 Å². The first kappa shape index (κ1) is 30.9. The molecule has 4 atom stereocenters. The summed E-state index contributed by atoms with van der Waals surface area (Å²) in [7, 11) is 0.0471. The van der Waals surface area contributed by atoms with E-state index >= 15 is 4.79 Å². The summed E-state index contributed by atoms with van der Waals surface area (Å²) in [6.45, 7) is 5.40. The van der Waals surface area contributed by atoms with Crippen molar-refractivity contribution >= 4 is 32.7 Å². The van der Waals surface area contributed by atoms with Crippen LogP contribution >= 0.6 is 0 Å². The Kier molecular flexibility index (Phi) is 7.30. The number of likely N-dealkylation sites (N-methyl/N-ethyl adjacent to an activating group) is 1. The molecule has 3 aliphatic heterocycles. The number of hydrogen-bond donors (Lipinski definition) is 1. The highest BCUT2D eigenvalue weighted by Gasteiger charge is 2.68. The number of methoxy groups -OCH3 is 1. The van der Waals surface area contributed by atoms with Crippen LogP contribution in [0.2, 0.25) is 0 Å². The molecule has 5 aliphatic rings. The van der Waals surface area contributed by atoms with Gasteiger partial charge in [-0.3, -0.25) is 9.59 Å². The fourth-order valence-electron chi connectivity index (χ4n) is 9.66. The highest BCUT2D eigenvalue weighted by atomic mass is 32.2. The van der Waals surface area contributed by atoms with E-state index < -0.39 is 21.5 Å². The Hall–Kier alpha value is -3.37. The lowest BCUT2D eigenvalue weighted by molar-refractivity contribution is -0.142. The summed E-state index contributed by atoms with van der Waals surface area (Å²) in [6.07, 6.45) is 8.46. The lowest BCUT2D eigenvalue weighted by atomic mass is 9.80. The van der Waals surface area contributed by atoms with E-state index in [1.807, 2.05) is 32.0 Å². The van der Waals surface area contributed by atoms with Gasteiger partial charge in [0.25, 0.3) is 5.91 Å². The molecule has 4 unspecified atom stereocenters. The van der Waals surface area contributed by atoms with Gasteiger partial charge in [-0.2, -0.15) is 0 Å². The molecular formula is C37H46N4O5S. The summed E-state index contributed by atoms with van der Waals surface area (Å²) in [5.74, 6) is 0.450. The topological polar surface area (TPSA) is 101 Å². The Balaban J connectivity index is 1.34. The Morgan fingerprint density at radius 3 is 2.40 bits per heavy atom. The number of nitrogens with zero attached hydrogens (tertiary/aromatic N) is 3. The predicted octanol–water partition coefficient (Wildman–Crippen LogP) is 5.58. The SMILES string of the molecule is COc1ccc2c(c1)C1CC1(C(=O)N1C3CCC1CN(C)C3)n1c-2c(C2CCCCC2)c2ccc(C(=O)NS(=O)(=O)CC(C)C)cc21. The van der Waals surface area contributed by atoms with Gasteiger partial charge >= 0.3 is 0 Å². The summed E-state index contributed by atoms with van der Waals surface area (Å²) in [5.41, 5.74) is 5.02. The molecule has 2 aliphatic carbocycles. The Morgan fingerprint density at radius 2 is 1.72 bits per heavy atom. The molecule has 2 bridgehead atoms. The fraction of sp³-hybridized carbons (Fsp3) is 0.568. The van der Waals surface area contributed by atoms with E-state index in [2.05, 4.69) is 38.3 Å². The van der Waals surface area contributed by atoms with E-state index in [1.54, 1.807) is 13.2 Å². The number of sulfonamides is 1. The molecule has 3 aromatic rings. The zero-order valence-corrected chi connectivity index (χ0v) is 28.7. The minimum atomic E-state index is -3.79. The highest BCUT2D eigenvalue weighted by molar-refractivity contribution is 7.90. The number of piperazine rings is 1. The van der Waals surface area contributed by atoms with E-state index in [0.717, 1.165) is 79.5 Å². The van der Waals surface area contributed by atoms with Crippen molar-refractivity contribution in [2.45, 2.75) is 94.7 Å². The molecule has 4 fully saturated rings. The lowest BCUT2D eigenvalue weighted by Gasteiger charge is -2.43. The van der Waals surface area contributed by atoms with E-state index in [4.69, 9.17) is 4.74 Å². The summed E-state index contributed by atoms with van der Waals surface area (Å²) < 4.78 is 35.9. The number of rotatable bonds is 7. The highest BCUT2D eigenvalue weighted by Crippen LogP contribution is 2.67. The number of benzene rings is 2. The summed E-state index contributed by atoms with van der Waals surface area (Å²) in [6, 6.07) is 12.3. The number of carbonyl (C=O) groups excluding carboxylic acids is 2. The Labute approximate surface area is 277 Å². The minimum absolute atomic E-state index is 0.00892. The first-order chi connectivity index (χ1) is 22.5. The number of likely N-dealkylation sites (tertiary alicyclic amines) is 1. The zero-order valence-electron chi connectivity index (χ0n) is 27.9. The molecule has 10 heteroatoms. The van der Waals surface area contributed by atoms with Gasteiger partial charge in [-0.15, -0.1) is 0 Å². The Morgan fingerprint density at radius 1 is 1.00 bits per heavy atom. The third-order valence-electron chi connectivity index (χ3n) is 11.6. The molecule has 2 saturated heterocycles. The van der Waals surface area contributed by atoms with Crippen LogP contribution < -0.4 is 9.46 Å². The van der Waals surface area contributed by atoms with Gasteiger partial charge in [0, 0.05) is 47.6 Å². The van der Waals surface area contributed by atoms with Crippen LogP contribution in [-0.4, -0.2) is 79.7 Å². The van der Waals surface area contributed by atoms with Crippen LogP contribution in [0.4, 0.5) is 0 Å². The molecule has 4 heterocycles. The van der Waals surface area contributed by atoms with Crippen LogP contribution in [0.25, 0.3) is 22.2 Å². The van der Waals surface area contributed by atoms with Crippen LogP contribution in [-0.2, 0) is 20.4 Å². The second kappa shape index (κ2) is 11.1. The maximum Gasteiger partial charge on any atom is 0.264 e. The third-order valence-corrected chi connectivity index (χ3v) is 13.2. The summed E-state index contributed by atoms with van der Waals surface area (Å²) in [4.78, 5) is 33.3. The molecule has 2 amide bonds. The van der Waals surface area contributed by atoms with Gasteiger partial charge in [0.15, 0.2) is 0 Å². The van der Waals surface area contributed by atoms with Gasteiger partial charge < -0.3 is 19.1 Å². The fourth-order valence-corrected chi connectivity index (χ4v) is 11.0. The minimum Gasteiger partial charge on any atom is -0.497 e. The van der Waals surface area contributed by atoms with Gasteiger partial charge in [-0.05, 0) is 92.4 Å². The Bertz CT molecular complexity index is 1880. The van der Waals surface area contributed by atoms with E-state index in [9.17, 15) is 13.2 Å². The first-order valence-corrected chi connectivity index (χ1v) is 19.1. The quantitative estimate of drug-likeness (QED) is 0.356. The van der Waals surface area contributed by atoms with Crippen molar-refractivity contribution in [2.75, 3.05) is 33.0 Å². The average Bonchev–Trinajstić information content (AvgIpc) is 3.62. The van der Waals surface area contributed by atoms with Gasteiger partial charge in [0.05, 0.1) is 24.1 Å². The molecule has 2 aromatic carbocycles. The normalized spacial score (nSPS) is 27.0. The number of carbonyl (C=O) groups is 2. The molecule has 250 valence electrons. The number of nitrogens with one attached hydrogen (secondary N) is 1. The van der Waals surface area contributed by atoms with Crippen molar-refractivity contribution in [3.63, 3.8) is 0 Å². The van der Waals surface area contributed by atoms with Crippen LogP contribution in [0.1, 0.15) is 98.5 Å². The maximum atomic E-state index is 15.2. The molecule has 8 rings (SSSR count). The van der Waals surface area contributed by atoms with Crippen LogP contribution in [0.5, 0.6) is 5.75 Å². The van der Waals surface area contributed by atoms with Crippen LogP contribution in [0.15, 0.2) is 36.4 Å². The van der Waals surface area contributed by atoms with E-state index in [-0.39, 0.29) is 35.6 Å². The molecule has 9 nitrogen and oxygen atoms in total. The first-order valence-electron chi connectivity index (χ1n) is 17.5. The second-order valence-corrected chi connectivity index (χ2v) is 17.0. The summed E-state index contributed by atoms with van der Waals surface area (Å²) in [5, 5.41) is 1.07. The number of hydrogen-bond acceptors (Lipinski definition) is 6. The molecule has 47 heavy (non-hydrogen) atoms. The van der Waals surface area contributed by atoms with Gasteiger partial charge in [-0.25, -0.2) is 13.1 Å². The van der Waals surface area contributed by atoms with Gasteiger partial charge in [0.2, 0.25) is 15.9 Å². The van der Waals surface area contributed by atoms with Crippen molar-refractivity contribution in [3.05, 3.63) is 53.1 Å². The van der Waals surface area contributed by atoms with Crippen molar-refractivity contribution in [3.8, 4) is 17.0 Å². The predicted molar refractivity (Wildman–Crippen MR) is 182 cm³/mol. The van der Waals surface area contributed by atoms with E-state index in [1.165, 1.54) is 17.5 Å². The largest absolute Gasteiger partial charge is 0.497 e. The number of aromatic nitrogens is 1. The molecular weight excluding hydrogens is 612 g/mol. The average molecular weight is 659 g/mol. The lowest BCUT2D eigenvalue weighted by Crippen LogP contribution is -2.58. The maximum absolute atomic E-state index is 15.2. The molecule has 0 radical (unpaired) electrons. The van der Waals surface area contributed by atoms with Crippen molar-refractivity contribution < 1.29 is 22.7 Å².